The molecule has 2 amide bonds. The number of rotatable bonds is 5. The van der Waals surface area contributed by atoms with Crippen LogP contribution >= 0.6 is 0 Å². The fourth-order valence-electron chi connectivity index (χ4n) is 2.79. The summed E-state index contributed by atoms with van der Waals surface area (Å²) in [4.78, 5) is 44.5. The van der Waals surface area contributed by atoms with E-state index in [0.717, 1.165) is 25.2 Å². The summed E-state index contributed by atoms with van der Waals surface area (Å²) in [6.07, 6.45) is 4.35. The van der Waals surface area contributed by atoms with E-state index in [2.05, 4.69) is 15.3 Å². The average molecular weight is 370 g/mol. The zero-order valence-corrected chi connectivity index (χ0v) is 14.6. The summed E-state index contributed by atoms with van der Waals surface area (Å²) < 4.78 is 5.34. The second kappa shape index (κ2) is 7.81. The molecule has 0 aliphatic carbocycles. The lowest BCUT2D eigenvalue weighted by Crippen LogP contribution is -2.35. The van der Waals surface area contributed by atoms with E-state index in [1.54, 1.807) is 23.1 Å². The van der Waals surface area contributed by atoms with E-state index in [9.17, 15) is 14.4 Å². The summed E-state index contributed by atoms with van der Waals surface area (Å²) in [5, 5.41) is 11.5. The molecule has 0 bridgehead atoms. The molecule has 140 valence electrons. The second-order valence-corrected chi connectivity index (χ2v) is 5.94. The summed E-state index contributed by atoms with van der Waals surface area (Å²) in [6, 6.07) is 4.98. The van der Waals surface area contributed by atoms with Crippen LogP contribution in [0.2, 0.25) is 0 Å². The molecule has 1 aromatic heterocycles. The highest BCUT2D eigenvalue weighted by Gasteiger charge is 2.23. The second-order valence-electron chi connectivity index (χ2n) is 5.94. The molecule has 27 heavy (non-hydrogen) atoms. The highest BCUT2D eigenvalue weighted by molar-refractivity contribution is 6.04. The van der Waals surface area contributed by atoms with Crippen molar-refractivity contribution in [3.8, 4) is 5.75 Å². The highest BCUT2D eigenvalue weighted by atomic mass is 16.5. The number of ether oxygens (including phenoxy) is 1. The average Bonchev–Trinajstić information content (AvgIpc) is 2.68. The minimum Gasteiger partial charge on any atom is -0.495 e. The molecule has 2 heterocycles. The third kappa shape index (κ3) is 4.02. The first-order chi connectivity index (χ1) is 13.0. The van der Waals surface area contributed by atoms with Gasteiger partial charge in [0.15, 0.2) is 5.69 Å². The van der Waals surface area contributed by atoms with Crippen molar-refractivity contribution in [3.05, 3.63) is 42.0 Å². The quantitative estimate of drug-likeness (QED) is 0.825. The van der Waals surface area contributed by atoms with Crippen molar-refractivity contribution in [1.82, 2.24) is 9.97 Å². The minimum absolute atomic E-state index is 0.0122. The predicted octanol–water partition coefficient (Wildman–Crippen LogP) is 1.95. The van der Waals surface area contributed by atoms with Crippen LogP contribution in [0.3, 0.4) is 0 Å². The fraction of sp³-hybridized carbons (Fsp3) is 0.278. The number of methoxy groups -OCH3 is 1. The smallest absolute Gasteiger partial charge is 0.356 e. The van der Waals surface area contributed by atoms with E-state index in [4.69, 9.17) is 9.84 Å². The first-order valence-electron chi connectivity index (χ1n) is 8.34. The van der Waals surface area contributed by atoms with Gasteiger partial charge in [0.25, 0.3) is 5.91 Å². The standard InChI is InChI=1S/C18H18N4O5/c1-27-15-6-5-11(8-14(15)22-7-3-2-4-16(22)23)21-17(24)12-9-20-13(10-19-12)18(25)26/h5-6,8-10H,2-4,7H2,1H3,(H,21,24)(H,25,26). The number of carboxylic acid groups (broad SMARTS) is 1. The van der Waals surface area contributed by atoms with E-state index in [0.29, 0.717) is 30.1 Å². The van der Waals surface area contributed by atoms with Gasteiger partial charge in [0, 0.05) is 18.7 Å². The molecule has 9 heteroatoms. The zero-order valence-electron chi connectivity index (χ0n) is 14.6. The molecular weight excluding hydrogens is 352 g/mol. The molecule has 3 rings (SSSR count). The number of carboxylic acids is 1. The summed E-state index contributed by atoms with van der Waals surface area (Å²) in [5.74, 6) is -1.21. The topological polar surface area (TPSA) is 122 Å². The van der Waals surface area contributed by atoms with Gasteiger partial charge in [-0.3, -0.25) is 9.59 Å². The van der Waals surface area contributed by atoms with Gasteiger partial charge in [-0.25, -0.2) is 14.8 Å². The molecule has 0 atom stereocenters. The van der Waals surface area contributed by atoms with Crippen LogP contribution < -0.4 is 15.0 Å². The van der Waals surface area contributed by atoms with Crippen LogP contribution in [0.25, 0.3) is 0 Å². The first kappa shape index (κ1) is 18.3. The number of hydrogen-bond donors (Lipinski definition) is 2. The molecule has 1 aliphatic heterocycles. The molecule has 1 fully saturated rings. The molecule has 0 spiro atoms. The molecule has 1 aliphatic rings. The number of piperidine rings is 1. The van der Waals surface area contributed by atoms with E-state index >= 15 is 0 Å². The van der Waals surface area contributed by atoms with E-state index in [1.807, 2.05) is 0 Å². The number of aromatic nitrogens is 2. The Labute approximate surface area is 155 Å². The minimum atomic E-state index is -1.22. The van der Waals surface area contributed by atoms with Crippen molar-refractivity contribution in [2.75, 3.05) is 23.9 Å². The van der Waals surface area contributed by atoms with Gasteiger partial charge in [-0.05, 0) is 31.0 Å². The number of hydrogen-bond acceptors (Lipinski definition) is 6. The van der Waals surface area contributed by atoms with Crippen LogP contribution in [-0.4, -0.2) is 46.5 Å². The number of benzene rings is 1. The predicted molar refractivity (Wildman–Crippen MR) is 96.1 cm³/mol. The third-order valence-electron chi connectivity index (χ3n) is 4.15. The van der Waals surface area contributed by atoms with Gasteiger partial charge in [-0.1, -0.05) is 0 Å². The molecule has 1 saturated heterocycles. The monoisotopic (exact) mass is 370 g/mol. The van der Waals surface area contributed by atoms with Crippen molar-refractivity contribution < 1.29 is 24.2 Å². The molecule has 0 saturated carbocycles. The number of aromatic carboxylic acids is 1. The number of nitrogens with zero attached hydrogens (tertiary/aromatic N) is 3. The van der Waals surface area contributed by atoms with Gasteiger partial charge < -0.3 is 20.1 Å². The van der Waals surface area contributed by atoms with Crippen LogP contribution in [0.15, 0.2) is 30.6 Å². The first-order valence-corrected chi connectivity index (χ1v) is 8.34. The summed E-state index contributed by atoms with van der Waals surface area (Å²) in [6.45, 7) is 0.592. The van der Waals surface area contributed by atoms with E-state index in [1.165, 1.54) is 7.11 Å². The summed E-state index contributed by atoms with van der Waals surface area (Å²) >= 11 is 0. The van der Waals surface area contributed by atoms with Crippen molar-refractivity contribution in [3.63, 3.8) is 0 Å². The maximum Gasteiger partial charge on any atom is 0.356 e. The number of carbonyl (C=O) groups is 3. The van der Waals surface area contributed by atoms with Crippen molar-refractivity contribution in [2.45, 2.75) is 19.3 Å². The molecule has 0 unspecified atom stereocenters. The maximum absolute atomic E-state index is 12.3. The molecular formula is C18H18N4O5. The largest absolute Gasteiger partial charge is 0.495 e. The Morgan fingerprint density at radius 3 is 2.56 bits per heavy atom. The van der Waals surface area contributed by atoms with Crippen LogP contribution in [0.5, 0.6) is 5.75 Å². The number of nitrogens with one attached hydrogen (secondary N) is 1. The van der Waals surface area contributed by atoms with Gasteiger partial charge in [0.05, 0.1) is 25.2 Å². The van der Waals surface area contributed by atoms with E-state index in [-0.39, 0.29) is 17.3 Å². The Balaban J connectivity index is 1.82. The molecule has 0 radical (unpaired) electrons. The van der Waals surface area contributed by atoms with E-state index < -0.39 is 11.9 Å². The van der Waals surface area contributed by atoms with Gasteiger partial charge in [0.2, 0.25) is 5.91 Å². The third-order valence-corrected chi connectivity index (χ3v) is 4.15. The van der Waals surface area contributed by atoms with Crippen LogP contribution in [-0.2, 0) is 4.79 Å². The van der Waals surface area contributed by atoms with Crippen LogP contribution in [0.1, 0.15) is 40.2 Å². The number of anilines is 2. The van der Waals surface area contributed by atoms with Gasteiger partial charge in [-0.15, -0.1) is 0 Å². The lowest BCUT2D eigenvalue weighted by molar-refractivity contribution is -0.119. The Hall–Kier alpha value is -3.49. The summed E-state index contributed by atoms with van der Waals surface area (Å²) in [5.41, 5.74) is 0.777. The lowest BCUT2D eigenvalue weighted by atomic mass is 10.1. The Kier molecular flexibility index (Phi) is 5.30. The summed E-state index contributed by atoms with van der Waals surface area (Å²) in [7, 11) is 1.52. The van der Waals surface area contributed by atoms with Gasteiger partial charge in [0.1, 0.15) is 11.4 Å². The van der Waals surface area contributed by atoms with Crippen LogP contribution in [0, 0.1) is 0 Å². The number of amides is 2. The lowest BCUT2D eigenvalue weighted by Gasteiger charge is -2.28. The molecule has 1 aromatic carbocycles. The van der Waals surface area contributed by atoms with Gasteiger partial charge in [-0.2, -0.15) is 0 Å². The Morgan fingerprint density at radius 1 is 1.19 bits per heavy atom. The molecule has 2 N–H and O–H groups in total. The molecule has 2 aromatic rings. The number of carbonyl (C=O) groups excluding carboxylic acids is 2. The van der Waals surface area contributed by atoms with Crippen molar-refractivity contribution in [2.24, 2.45) is 0 Å². The Bertz CT molecular complexity index is 882. The normalized spacial score (nSPS) is 14.0. The SMILES string of the molecule is COc1ccc(NC(=O)c2cnc(C(=O)O)cn2)cc1N1CCCCC1=O. The fourth-order valence-corrected chi connectivity index (χ4v) is 2.79. The van der Waals surface area contributed by atoms with Crippen molar-refractivity contribution >= 4 is 29.2 Å². The van der Waals surface area contributed by atoms with Crippen LogP contribution in [0.4, 0.5) is 11.4 Å². The molecule has 9 nitrogen and oxygen atoms in total. The maximum atomic E-state index is 12.3. The van der Waals surface area contributed by atoms with Gasteiger partial charge >= 0.3 is 5.97 Å². The highest BCUT2D eigenvalue weighted by Crippen LogP contribution is 2.33. The zero-order chi connectivity index (χ0) is 19.4. The Morgan fingerprint density at radius 2 is 1.93 bits per heavy atom. The van der Waals surface area contributed by atoms with Crippen molar-refractivity contribution in [1.29, 1.82) is 0 Å².